The maximum Gasteiger partial charge on any atom is 0.416 e. The number of aliphatic hydroxyl groups is 1. The van der Waals surface area contributed by atoms with E-state index in [1.807, 2.05) is 0 Å². The number of rotatable bonds is 2. The number of halogens is 5. The van der Waals surface area contributed by atoms with E-state index in [0.29, 0.717) is 0 Å². The molecule has 0 saturated carbocycles. The Bertz CT molecular complexity index is 384. The average molecular weight is 274 g/mol. The van der Waals surface area contributed by atoms with Crippen molar-refractivity contribution in [3.63, 3.8) is 0 Å². The van der Waals surface area contributed by atoms with Crippen LogP contribution in [0.2, 0.25) is 10.0 Å². The van der Waals surface area contributed by atoms with Crippen LogP contribution in [0.1, 0.15) is 11.6 Å². The molecule has 7 heteroatoms. The predicted octanol–water partition coefficient (Wildman–Crippen LogP) is 2.92. The molecule has 1 aromatic rings. The van der Waals surface area contributed by atoms with Crippen molar-refractivity contribution in [2.75, 3.05) is 0 Å². The number of aliphatic hydroxyl groups excluding tert-OH is 1. The van der Waals surface area contributed by atoms with Crippen LogP contribution in [0, 0.1) is 0 Å². The largest absolute Gasteiger partial charge is 0.416 e. The standard InChI is InChI=1S/C9H8Cl2F3NO/c10-4-1-2-5(6(11)3-4)7(15)8(16)9(12,13)14/h1-3,7-8,16H,15H2/t7-,8-/m0/s1. The molecule has 0 heterocycles. The number of hydrogen-bond acceptors (Lipinski definition) is 2. The number of benzene rings is 1. The summed E-state index contributed by atoms with van der Waals surface area (Å²) >= 11 is 11.3. The molecule has 0 spiro atoms. The summed E-state index contributed by atoms with van der Waals surface area (Å²) < 4.78 is 36.6. The summed E-state index contributed by atoms with van der Waals surface area (Å²) in [4.78, 5) is 0. The molecule has 16 heavy (non-hydrogen) atoms. The van der Waals surface area contributed by atoms with Crippen molar-refractivity contribution in [1.29, 1.82) is 0 Å². The van der Waals surface area contributed by atoms with Crippen molar-refractivity contribution in [1.82, 2.24) is 0 Å². The summed E-state index contributed by atoms with van der Waals surface area (Å²) in [6, 6.07) is 2.24. The Labute approximate surface area is 99.8 Å². The Morgan fingerprint density at radius 2 is 1.81 bits per heavy atom. The SMILES string of the molecule is N[C@@H](c1ccc(Cl)cc1Cl)[C@H](O)C(F)(F)F. The zero-order valence-corrected chi connectivity index (χ0v) is 9.31. The molecule has 1 rings (SSSR count). The van der Waals surface area contributed by atoms with Crippen LogP contribution in [0.25, 0.3) is 0 Å². The van der Waals surface area contributed by atoms with Crippen LogP contribution in [-0.2, 0) is 0 Å². The third-order valence-corrected chi connectivity index (χ3v) is 2.56. The van der Waals surface area contributed by atoms with Gasteiger partial charge in [-0.3, -0.25) is 0 Å². The molecule has 90 valence electrons. The minimum Gasteiger partial charge on any atom is -0.382 e. The highest BCUT2D eigenvalue weighted by Crippen LogP contribution is 2.32. The van der Waals surface area contributed by atoms with E-state index < -0.39 is 18.3 Å². The lowest BCUT2D eigenvalue weighted by atomic mass is 10.0. The van der Waals surface area contributed by atoms with Gasteiger partial charge in [-0.25, -0.2) is 0 Å². The van der Waals surface area contributed by atoms with Gasteiger partial charge < -0.3 is 10.8 Å². The lowest BCUT2D eigenvalue weighted by Crippen LogP contribution is -2.38. The summed E-state index contributed by atoms with van der Waals surface area (Å²) in [5, 5.41) is 9.23. The van der Waals surface area contributed by atoms with Gasteiger partial charge >= 0.3 is 6.18 Å². The summed E-state index contributed by atoms with van der Waals surface area (Å²) in [7, 11) is 0. The van der Waals surface area contributed by atoms with Gasteiger partial charge in [0, 0.05) is 10.0 Å². The van der Waals surface area contributed by atoms with Gasteiger partial charge in [-0.15, -0.1) is 0 Å². The number of alkyl halides is 3. The first-order chi connectivity index (χ1) is 7.23. The summed E-state index contributed by atoms with van der Waals surface area (Å²) in [5.41, 5.74) is 5.27. The van der Waals surface area contributed by atoms with Crippen LogP contribution >= 0.6 is 23.2 Å². The molecule has 0 unspecified atom stereocenters. The third kappa shape index (κ3) is 3.01. The maximum atomic E-state index is 12.2. The third-order valence-electron chi connectivity index (χ3n) is 2.00. The molecule has 2 nitrogen and oxygen atoms in total. The monoisotopic (exact) mass is 273 g/mol. The highest BCUT2D eigenvalue weighted by Gasteiger charge is 2.43. The van der Waals surface area contributed by atoms with Gasteiger partial charge in [-0.05, 0) is 17.7 Å². The molecule has 0 saturated heterocycles. The topological polar surface area (TPSA) is 46.2 Å². The van der Waals surface area contributed by atoms with Crippen molar-refractivity contribution in [3.8, 4) is 0 Å². The van der Waals surface area contributed by atoms with E-state index in [1.165, 1.54) is 18.2 Å². The fourth-order valence-electron chi connectivity index (χ4n) is 1.15. The first-order valence-electron chi connectivity index (χ1n) is 4.19. The van der Waals surface area contributed by atoms with Crippen LogP contribution < -0.4 is 5.73 Å². The normalized spacial score (nSPS) is 15.9. The fourth-order valence-corrected chi connectivity index (χ4v) is 1.68. The van der Waals surface area contributed by atoms with E-state index in [4.69, 9.17) is 34.0 Å². The van der Waals surface area contributed by atoms with Crippen LogP contribution in [0.5, 0.6) is 0 Å². The average Bonchev–Trinajstić information content (AvgIpc) is 2.14. The first kappa shape index (κ1) is 13.6. The summed E-state index contributed by atoms with van der Waals surface area (Å²) in [6.07, 6.45) is -7.45. The molecule has 1 aromatic carbocycles. The summed E-state index contributed by atoms with van der Waals surface area (Å²) in [5.74, 6) is 0. The zero-order valence-electron chi connectivity index (χ0n) is 7.80. The Hall–Kier alpha value is -0.490. The minimum absolute atomic E-state index is 0.00380. The van der Waals surface area contributed by atoms with E-state index in [2.05, 4.69) is 0 Å². The molecule has 0 aliphatic heterocycles. The Morgan fingerprint density at radius 1 is 1.25 bits per heavy atom. The number of nitrogens with two attached hydrogens (primary N) is 1. The van der Waals surface area contributed by atoms with Gasteiger partial charge in [0.2, 0.25) is 0 Å². The van der Waals surface area contributed by atoms with Crippen molar-refractivity contribution >= 4 is 23.2 Å². The molecule has 0 radical (unpaired) electrons. The lowest BCUT2D eigenvalue weighted by Gasteiger charge is -2.22. The molecule has 0 aliphatic rings. The fraction of sp³-hybridized carbons (Fsp3) is 0.333. The molecule has 0 aliphatic carbocycles. The zero-order chi connectivity index (χ0) is 12.5. The second-order valence-corrected chi connectivity index (χ2v) is 4.02. The predicted molar refractivity (Wildman–Crippen MR) is 55.5 cm³/mol. The van der Waals surface area contributed by atoms with Gasteiger partial charge in [0.15, 0.2) is 6.10 Å². The molecule has 0 aromatic heterocycles. The summed E-state index contributed by atoms with van der Waals surface area (Å²) in [6.45, 7) is 0. The molecule has 0 bridgehead atoms. The highest BCUT2D eigenvalue weighted by atomic mass is 35.5. The van der Waals surface area contributed by atoms with E-state index in [1.54, 1.807) is 0 Å². The Balaban J connectivity index is 3.01. The van der Waals surface area contributed by atoms with E-state index >= 15 is 0 Å². The Kier molecular flexibility index (Phi) is 4.07. The van der Waals surface area contributed by atoms with Crippen LogP contribution in [-0.4, -0.2) is 17.4 Å². The van der Waals surface area contributed by atoms with Gasteiger partial charge in [-0.2, -0.15) is 13.2 Å². The van der Waals surface area contributed by atoms with Gasteiger partial charge in [0.25, 0.3) is 0 Å². The second-order valence-electron chi connectivity index (χ2n) is 3.18. The quantitative estimate of drug-likeness (QED) is 0.871. The number of hydrogen-bond donors (Lipinski definition) is 2. The molecular weight excluding hydrogens is 266 g/mol. The molecule has 2 atom stereocenters. The molecule has 3 N–H and O–H groups in total. The van der Waals surface area contributed by atoms with Crippen LogP contribution in [0.15, 0.2) is 18.2 Å². The molecule has 0 fully saturated rings. The maximum absolute atomic E-state index is 12.2. The molecular formula is C9H8Cl2F3NO. The van der Waals surface area contributed by atoms with E-state index in [-0.39, 0.29) is 15.6 Å². The van der Waals surface area contributed by atoms with Crippen molar-refractivity contribution in [2.45, 2.75) is 18.3 Å². The van der Waals surface area contributed by atoms with E-state index in [0.717, 1.165) is 0 Å². The van der Waals surface area contributed by atoms with Gasteiger partial charge in [-0.1, -0.05) is 29.3 Å². The van der Waals surface area contributed by atoms with Gasteiger partial charge in [0.1, 0.15) is 0 Å². The van der Waals surface area contributed by atoms with Gasteiger partial charge in [0.05, 0.1) is 6.04 Å². The minimum atomic E-state index is -4.79. The van der Waals surface area contributed by atoms with Crippen molar-refractivity contribution < 1.29 is 18.3 Å². The van der Waals surface area contributed by atoms with Crippen LogP contribution in [0.4, 0.5) is 13.2 Å². The van der Waals surface area contributed by atoms with Crippen LogP contribution in [0.3, 0.4) is 0 Å². The second kappa shape index (κ2) is 4.79. The van der Waals surface area contributed by atoms with Crippen molar-refractivity contribution in [3.05, 3.63) is 33.8 Å². The molecule has 0 amide bonds. The van der Waals surface area contributed by atoms with E-state index in [9.17, 15) is 13.2 Å². The Morgan fingerprint density at radius 3 is 2.25 bits per heavy atom. The first-order valence-corrected chi connectivity index (χ1v) is 4.94. The lowest BCUT2D eigenvalue weighted by molar-refractivity contribution is -0.210. The highest BCUT2D eigenvalue weighted by molar-refractivity contribution is 6.35. The van der Waals surface area contributed by atoms with Crippen molar-refractivity contribution in [2.24, 2.45) is 5.73 Å². The smallest absolute Gasteiger partial charge is 0.382 e.